The van der Waals surface area contributed by atoms with Gasteiger partial charge in [-0.1, -0.05) is 58.3 Å². The van der Waals surface area contributed by atoms with E-state index in [2.05, 4.69) is 6.92 Å². The zero-order chi connectivity index (χ0) is 11.4. The number of unbranched alkanes of at least 4 members (excludes halogenated alkanes) is 8. The van der Waals surface area contributed by atoms with E-state index in [-0.39, 0.29) is 57.4 Å². The fourth-order valence-electron chi connectivity index (χ4n) is 1.63. The third kappa shape index (κ3) is 17.5. The third-order valence-corrected chi connectivity index (χ3v) is 2.55. The van der Waals surface area contributed by atoms with Gasteiger partial charge in [-0.15, -0.1) is 0 Å². The van der Waals surface area contributed by atoms with Crippen LogP contribution in [-0.2, 0) is 9.53 Å². The SMILES string of the molecule is CCCCCCCCCCCOC(C)=O.[KH]. The molecule has 0 saturated carbocycles. The van der Waals surface area contributed by atoms with Crippen LogP contribution in [0, 0.1) is 0 Å². The number of hydrogen-bond acceptors (Lipinski definition) is 2. The zero-order valence-electron chi connectivity index (χ0n) is 10.4. The molecule has 0 fully saturated rings. The molecular formula is C13H27KO2. The molecule has 3 heteroatoms. The first-order chi connectivity index (χ1) is 7.27. The van der Waals surface area contributed by atoms with Crippen molar-refractivity contribution in [1.29, 1.82) is 0 Å². The Morgan fingerprint density at radius 3 is 1.75 bits per heavy atom. The molecule has 0 aromatic rings. The van der Waals surface area contributed by atoms with Gasteiger partial charge in [0.2, 0.25) is 0 Å². The standard InChI is InChI=1S/C13H26O2.K.H/c1-3-4-5-6-7-8-9-10-11-12-15-13(2)14;;/h3-12H2,1-2H3;;. The van der Waals surface area contributed by atoms with Gasteiger partial charge < -0.3 is 4.74 Å². The van der Waals surface area contributed by atoms with E-state index in [9.17, 15) is 4.79 Å². The number of esters is 1. The number of carbonyl (C=O) groups excluding carboxylic acids is 1. The van der Waals surface area contributed by atoms with E-state index >= 15 is 0 Å². The Morgan fingerprint density at radius 1 is 0.875 bits per heavy atom. The molecular weight excluding hydrogens is 227 g/mol. The second-order valence-corrected chi connectivity index (χ2v) is 4.17. The van der Waals surface area contributed by atoms with Gasteiger partial charge in [-0.05, 0) is 6.42 Å². The van der Waals surface area contributed by atoms with Crippen LogP contribution in [0.3, 0.4) is 0 Å². The molecule has 0 aliphatic carbocycles. The third-order valence-electron chi connectivity index (χ3n) is 2.55. The van der Waals surface area contributed by atoms with Crippen LogP contribution in [0.15, 0.2) is 0 Å². The van der Waals surface area contributed by atoms with Crippen LogP contribution in [0.1, 0.15) is 71.6 Å². The summed E-state index contributed by atoms with van der Waals surface area (Å²) in [4.78, 5) is 10.5. The Kier molecular flexibility index (Phi) is 19.6. The molecule has 0 N–H and O–H groups in total. The summed E-state index contributed by atoms with van der Waals surface area (Å²) in [5, 5.41) is 0. The van der Waals surface area contributed by atoms with Gasteiger partial charge in [0.25, 0.3) is 0 Å². The summed E-state index contributed by atoms with van der Waals surface area (Å²) < 4.78 is 4.86. The normalized spacial score (nSPS) is 9.62. The molecule has 0 unspecified atom stereocenters. The molecule has 0 heterocycles. The molecule has 0 aromatic heterocycles. The molecule has 0 aliphatic heterocycles. The van der Waals surface area contributed by atoms with Gasteiger partial charge >= 0.3 is 57.4 Å². The average molecular weight is 254 g/mol. The summed E-state index contributed by atoms with van der Waals surface area (Å²) in [6.45, 7) is 4.31. The Balaban J connectivity index is 0. The van der Waals surface area contributed by atoms with E-state index in [4.69, 9.17) is 4.74 Å². The molecule has 0 rings (SSSR count). The quantitative estimate of drug-likeness (QED) is 0.339. The van der Waals surface area contributed by atoms with Gasteiger partial charge in [-0.3, -0.25) is 4.79 Å². The molecule has 0 aromatic carbocycles. The van der Waals surface area contributed by atoms with Crippen molar-refractivity contribution in [3.63, 3.8) is 0 Å². The van der Waals surface area contributed by atoms with Crippen LogP contribution >= 0.6 is 0 Å². The number of hydrogen-bond donors (Lipinski definition) is 0. The van der Waals surface area contributed by atoms with E-state index in [1.165, 1.54) is 58.3 Å². The van der Waals surface area contributed by atoms with Gasteiger partial charge in [0, 0.05) is 6.92 Å². The van der Waals surface area contributed by atoms with Crippen LogP contribution in [0.2, 0.25) is 0 Å². The van der Waals surface area contributed by atoms with Crippen LogP contribution < -0.4 is 0 Å². The number of carbonyl (C=O) groups is 1. The molecule has 0 bridgehead atoms. The van der Waals surface area contributed by atoms with Crippen LogP contribution in [0.4, 0.5) is 0 Å². The van der Waals surface area contributed by atoms with E-state index in [0.29, 0.717) is 6.61 Å². The van der Waals surface area contributed by atoms with E-state index in [1.807, 2.05) is 0 Å². The summed E-state index contributed by atoms with van der Waals surface area (Å²) in [6, 6.07) is 0. The first kappa shape index (κ1) is 19.4. The fourth-order valence-corrected chi connectivity index (χ4v) is 1.63. The average Bonchev–Trinajstić information content (AvgIpc) is 2.20. The molecule has 0 saturated heterocycles. The van der Waals surface area contributed by atoms with Gasteiger partial charge in [0.15, 0.2) is 0 Å². The fraction of sp³-hybridized carbons (Fsp3) is 0.923. The molecule has 0 atom stereocenters. The van der Waals surface area contributed by atoms with Gasteiger partial charge in [-0.25, -0.2) is 0 Å². The summed E-state index contributed by atoms with van der Waals surface area (Å²) in [7, 11) is 0. The predicted octanol–water partition coefficient (Wildman–Crippen LogP) is 3.43. The first-order valence-corrected chi connectivity index (χ1v) is 6.40. The Labute approximate surface area is 143 Å². The summed E-state index contributed by atoms with van der Waals surface area (Å²) in [5.41, 5.74) is 0. The maximum absolute atomic E-state index is 10.5. The Morgan fingerprint density at radius 2 is 1.31 bits per heavy atom. The minimum absolute atomic E-state index is 0. The first-order valence-electron chi connectivity index (χ1n) is 6.40. The van der Waals surface area contributed by atoms with Crippen LogP contribution in [0.5, 0.6) is 0 Å². The van der Waals surface area contributed by atoms with Crippen molar-refractivity contribution in [2.75, 3.05) is 6.61 Å². The van der Waals surface area contributed by atoms with Gasteiger partial charge in [0.05, 0.1) is 6.61 Å². The number of rotatable bonds is 10. The monoisotopic (exact) mass is 254 g/mol. The summed E-state index contributed by atoms with van der Waals surface area (Å²) >= 11 is 0. The zero-order valence-corrected chi connectivity index (χ0v) is 10.4. The van der Waals surface area contributed by atoms with Crippen molar-refractivity contribution < 1.29 is 9.53 Å². The molecule has 16 heavy (non-hydrogen) atoms. The van der Waals surface area contributed by atoms with Crippen LogP contribution in [0.25, 0.3) is 0 Å². The molecule has 0 aliphatic rings. The van der Waals surface area contributed by atoms with Crippen molar-refractivity contribution in [2.24, 2.45) is 0 Å². The molecule has 2 nitrogen and oxygen atoms in total. The van der Waals surface area contributed by atoms with Gasteiger partial charge in [-0.2, -0.15) is 0 Å². The Hall–Kier alpha value is 1.11. The molecule has 0 radical (unpaired) electrons. The Bertz CT molecular complexity index is 149. The van der Waals surface area contributed by atoms with Crippen molar-refractivity contribution in [1.82, 2.24) is 0 Å². The van der Waals surface area contributed by atoms with Gasteiger partial charge in [0.1, 0.15) is 0 Å². The van der Waals surface area contributed by atoms with E-state index in [1.54, 1.807) is 0 Å². The van der Waals surface area contributed by atoms with Crippen molar-refractivity contribution >= 4 is 57.4 Å². The predicted molar refractivity (Wildman–Crippen MR) is 71.0 cm³/mol. The molecule has 0 spiro atoms. The van der Waals surface area contributed by atoms with Crippen molar-refractivity contribution in [3.8, 4) is 0 Å². The second kappa shape index (κ2) is 16.1. The van der Waals surface area contributed by atoms with E-state index in [0.717, 1.165) is 6.42 Å². The minimum atomic E-state index is -0.158. The number of ether oxygens (including phenoxy) is 1. The molecule has 0 amide bonds. The van der Waals surface area contributed by atoms with Crippen LogP contribution in [-0.4, -0.2) is 64.0 Å². The summed E-state index contributed by atoms with van der Waals surface area (Å²) in [6.07, 6.45) is 11.7. The topological polar surface area (TPSA) is 26.3 Å². The maximum atomic E-state index is 10.5. The molecule has 92 valence electrons. The van der Waals surface area contributed by atoms with E-state index < -0.39 is 0 Å². The van der Waals surface area contributed by atoms with Crippen molar-refractivity contribution in [3.05, 3.63) is 0 Å². The summed E-state index contributed by atoms with van der Waals surface area (Å²) in [5.74, 6) is -0.158. The second-order valence-electron chi connectivity index (χ2n) is 4.17. The van der Waals surface area contributed by atoms with Crippen molar-refractivity contribution in [2.45, 2.75) is 71.6 Å².